The molecule has 2 N–H and O–H groups in total. The second-order valence-electron chi connectivity index (χ2n) is 24.6. The van der Waals surface area contributed by atoms with Gasteiger partial charge in [0.15, 0.2) is 0 Å². The van der Waals surface area contributed by atoms with Crippen LogP contribution >= 0.6 is 15.9 Å². The van der Waals surface area contributed by atoms with E-state index in [9.17, 15) is 10.2 Å². The summed E-state index contributed by atoms with van der Waals surface area (Å²) in [5.74, 6) is 0.603. The summed E-state index contributed by atoms with van der Waals surface area (Å²) >= 11 is 3.39. The highest BCUT2D eigenvalue weighted by molar-refractivity contribution is 9.10. The number of halogens is 1. The van der Waals surface area contributed by atoms with Crippen molar-refractivity contribution in [2.45, 2.75) is 77.4 Å². The summed E-state index contributed by atoms with van der Waals surface area (Å²) in [7, 11) is -0.405. The van der Waals surface area contributed by atoms with Gasteiger partial charge in [-0.15, -0.1) is 0 Å². The summed E-state index contributed by atoms with van der Waals surface area (Å²) in [4.78, 5) is 0. The lowest BCUT2D eigenvalue weighted by molar-refractivity contribution is 0.00578. The summed E-state index contributed by atoms with van der Waals surface area (Å²) in [5, 5.41) is 23.4. The molecule has 1 aliphatic heterocycles. The molecule has 1 fully saturated rings. The highest BCUT2D eigenvalue weighted by atomic mass is 79.9. The van der Waals surface area contributed by atoms with Crippen LogP contribution in [-0.2, 0) is 20.1 Å². The number of aryl methyl sites for hydroxylation is 4. The lowest BCUT2D eigenvalue weighted by Gasteiger charge is -2.34. The van der Waals surface area contributed by atoms with Gasteiger partial charge in [-0.2, -0.15) is 0 Å². The molecular formula is C80H68BBrO4. The zero-order chi connectivity index (χ0) is 59.7. The van der Waals surface area contributed by atoms with Gasteiger partial charge in [-0.25, -0.2) is 0 Å². The van der Waals surface area contributed by atoms with Crippen LogP contribution in [0.1, 0.15) is 94.5 Å². The maximum atomic E-state index is 9.92. The van der Waals surface area contributed by atoms with E-state index >= 15 is 0 Å². The van der Waals surface area contributed by atoms with E-state index in [2.05, 4.69) is 272 Å². The van der Waals surface area contributed by atoms with E-state index < -0.39 is 17.9 Å². The molecule has 0 spiro atoms. The van der Waals surface area contributed by atoms with Crippen LogP contribution in [0.2, 0.25) is 0 Å². The van der Waals surface area contributed by atoms with Crippen molar-refractivity contribution in [3.63, 3.8) is 0 Å². The van der Waals surface area contributed by atoms with Gasteiger partial charge in [-0.1, -0.05) is 244 Å². The molecule has 0 saturated carbocycles. The Labute approximate surface area is 514 Å². The molecular weight excluding hydrogens is 1120 g/mol. The van der Waals surface area contributed by atoms with Gasteiger partial charge in [-0.05, 0) is 209 Å². The highest BCUT2D eigenvalue weighted by Gasteiger charge is 2.53. The fraction of sp³-hybridized carbons (Fsp3) is 0.150. The third-order valence-electron chi connectivity index (χ3n) is 18.5. The molecule has 86 heavy (non-hydrogen) atoms. The van der Waals surface area contributed by atoms with Crippen LogP contribution in [0, 0.1) is 27.7 Å². The van der Waals surface area contributed by atoms with E-state index in [0.29, 0.717) is 11.5 Å². The number of phenolic OH excluding ortho intramolecular Hbond substituents is 2. The van der Waals surface area contributed by atoms with E-state index in [1.54, 1.807) is 18.2 Å². The average Bonchev–Trinajstić information content (AvgIpc) is 2.77. The van der Waals surface area contributed by atoms with Gasteiger partial charge >= 0.3 is 7.12 Å². The second-order valence-corrected chi connectivity index (χ2v) is 25.5. The van der Waals surface area contributed by atoms with Crippen molar-refractivity contribution in [1.29, 1.82) is 0 Å². The van der Waals surface area contributed by atoms with Crippen LogP contribution < -0.4 is 5.46 Å². The summed E-state index contributed by atoms with van der Waals surface area (Å²) in [5.41, 5.74) is 22.3. The van der Waals surface area contributed by atoms with Crippen molar-refractivity contribution in [3.05, 3.63) is 326 Å². The van der Waals surface area contributed by atoms with Gasteiger partial charge in [0.05, 0.1) is 22.0 Å². The van der Waals surface area contributed by atoms with Crippen LogP contribution in [0.4, 0.5) is 0 Å². The van der Waals surface area contributed by atoms with E-state index in [-0.39, 0.29) is 11.2 Å². The number of fused-ring (bicyclic) bond motifs is 8. The largest absolute Gasteiger partial charge is 0.508 e. The van der Waals surface area contributed by atoms with E-state index in [0.717, 1.165) is 31.5 Å². The van der Waals surface area contributed by atoms with Gasteiger partial charge < -0.3 is 19.5 Å². The number of aromatic hydroxyl groups is 2. The van der Waals surface area contributed by atoms with Gasteiger partial charge in [0.1, 0.15) is 11.5 Å². The summed E-state index contributed by atoms with van der Waals surface area (Å²) < 4.78 is 14.0. The molecule has 12 aromatic rings. The maximum Gasteiger partial charge on any atom is 0.494 e. The maximum absolute atomic E-state index is 9.92. The lowest BCUT2D eigenvalue weighted by atomic mass is 9.66. The fourth-order valence-electron chi connectivity index (χ4n) is 13.3. The van der Waals surface area contributed by atoms with Gasteiger partial charge in [0.25, 0.3) is 0 Å². The number of hydrogen-bond acceptors (Lipinski definition) is 4. The summed E-state index contributed by atoms with van der Waals surface area (Å²) in [6.45, 7) is 17.0. The lowest BCUT2D eigenvalue weighted by Crippen LogP contribution is -2.41. The summed E-state index contributed by atoms with van der Waals surface area (Å²) in [6.07, 6.45) is 0. The third kappa shape index (κ3) is 9.74. The minimum Gasteiger partial charge on any atom is -0.508 e. The Balaban J connectivity index is 0.000000134. The fourth-order valence-corrected chi connectivity index (χ4v) is 13.7. The van der Waals surface area contributed by atoms with Gasteiger partial charge in [0, 0.05) is 4.47 Å². The van der Waals surface area contributed by atoms with Gasteiger partial charge in [-0.3, -0.25) is 0 Å². The number of rotatable bonds is 6. The zero-order valence-electron chi connectivity index (χ0n) is 49.9. The van der Waals surface area contributed by atoms with Crippen molar-refractivity contribution in [1.82, 2.24) is 0 Å². The molecule has 4 nitrogen and oxygen atoms in total. The third-order valence-corrected chi connectivity index (χ3v) is 19.0. The van der Waals surface area contributed by atoms with Gasteiger partial charge in [0.2, 0.25) is 0 Å². The molecule has 0 unspecified atom stereocenters. The van der Waals surface area contributed by atoms with Crippen LogP contribution in [0.5, 0.6) is 11.5 Å². The summed E-state index contributed by atoms with van der Waals surface area (Å²) in [6, 6.07) is 91.0. The predicted octanol–water partition coefficient (Wildman–Crippen LogP) is 19.5. The molecule has 15 rings (SSSR count). The van der Waals surface area contributed by atoms with E-state index in [1.165, 1.54) is 100 Å². The van der Waals surface area contributed by atoms with Crippen molar-refractivity contribution in [3.8, 4) is 44.9 Å². The number of benzene rings is 12. The quantitative estimate of drug-likeness (QED) is 0.163. The monoisotopic (exact) mass is 1180 g/mol. The first-order chi connectivity index (χ1) is 41.4. The molecule has 12 aromatic carbocycles. The minimum atomic E-state index is -0.424. The van der Waals surface area contributed by atoms with E-state index in [1.807, 2.05) is 36.4 Å². The van der Waals surface area contributed by atoms with Crippen molar-refractivity contribution in [2.24, 2.45) is 0 Å². The molecule has 1 heterocycles. The molecule has 0 bridgehead atoms. The van der Waals surface area contributed by atoms with Crippen LogP contribution in [0.25, 0.3) is 54.9 Å². The van der Waals surface area contributed by atoms with Crippen molar-refractivity contribution in [2.75, 3.05) is 0 Å². The smallest absolute Gasteiger partial charge is 0.494 e. The second kappa shape index (κ2) is 21.9. The standard InChI is InChI=1S/C37H28O.C33H33BO2.C10H7BrO/c1-24-7-15-30(16-8-24)37(31-17-9-25(2)10-18-31)35-6-4-3-5-33(35)34-20-14-29(23-36(34)37)26-11-12-28-22-32(38)19-13-27(28)21-26;1-22-11-15-24(16-12-22)33(25-17-13-23(2)14-18-25)29-10-8-7-9-27(29)28-20-19-26(21-30(28)33)34-35-31(3,4)32(5,6)36-34;11-9-3-1-8-6-10(12)4-2-7(8)5-9/h3-23,38H,1-2H3;7-21H,1-6H3;1-6,12H. The zero-order valence-corrected chi connectivity index (χ0v) is 51.5. The molecule has 0 atom stereocenters. The Morgan fingerprint density at radius 1 is 0.326 bits per heavy atom. The molecule has 0 radical (unpaired) electrons. The van der Waals surface area contributed by atoms with Crippen molar-refractivity contribution >= 4 is 50.1 Å². The first-order valence-electron chi connectivity index (χ1n) is 29.7. The topological polar surface area (TPSA) is 58.9 Å². The molecule has 6 heteroatoms. The number of hydrogen-bond donors (Lipinski definition) is 2. The molecule has 0 amide bonds. The molecule has 0 aromatic heterocycles. The van der Waals surface area contributed by atoms with Crippen molar-refractivity contribution < 1.29 is 19.5 Å². The average molecular weight is 1180 g/mol. The van der Waals surface area contributed by atoms with Crippen LogP contribution in [0.15, 0.2) is 259 Å². The van der Waals surface area contributed by atoms with Crippen LogP contribution in [-0.4, -0.2) is 28.5 Å². The molecule has 3 aliphatic rings. The predicted molar refractivity (Wildman–Crippen MR) is 360 cm³/mol. The SMILES string of the molecule is Cc1ccc(C2(c3ccc(C)cc3)c3ccccc3-c3ccc(-c4ccc5cc(O)ccc5c4)cc32)cc1.Cc1ccc(C2(c3ccc(C)cc3)c3ccccc3-c3ccc(B4OC(C)(C)C(C)(C)O4)cc32)cc1.Oc1ccc2cc(Br)ccc2c1. The molecule has 2 aliphatic carbocycles. The minimum absolute atomic E-state index is 0.293. The molecule has 1 saturated heterocycles. The normalized spacial score (nSPS) is 15.2. The Kier molecular flexibility index (Phi) is 14.4. The molecule has 422 valence electrons. The number of phenols is 2. The Hall–Kier alpha value is -8.78. The first-order valence-corrected chi connectivity index (χ1v) is 30.5. The first kappa shape index (κ1) is 56.4. The Morgan fingerprint density at radius 3 is 1.14 bits per heavy atom. The Bertz CT molecular complexity index is 4400. The highest BCUT2D eigenvalue weighted by Crippen LogP contribution is 2.58. The Morgan fingerprint density at radius 2 is 0.674 bits per heavy atom. The van der Waals surface area contributed by atoms with E-state index in [4.69, 9.17) is 9.31 Å². The van der Waals surface area contributed by atoms with Crippen LogP contribution in [0.3, 0.4) is 0 Å².